The second-order valence-electron chi connectivity index (χ2n) is 9.55. The number of carbonyl (C=O) groups excluding carboxylic acids is 2. The average molecular weight is 498 g/mol. The van der Waals surface area contributed by atoms with Crippen molar-refractivity contribution in [3.05, 3.63) is 41.5 Å². The van der Waals surface area contributed by atoms with Crippen LogP contribution < -0.4 is 10.4 Å². The largest absolute Gasteiger partial charge is 0.444 e. The lowest BCUT2D eigenvalue weighted by Gasteiger charge is -2.37. The fourth-order valence-electron chi connectivity index (χ4n) is 4.18. The van der Waals surface area contributed by atoms with E-state index in [0.717, 1.165) is 40.0 Å². The van der Waals surface area contributed by atoms with Crippen LogP contribution in [-0.4, -0.2) is 65.8 Å². The fraction of sp³-hybridized carbons (Fsp3) is 0.440. The lowest BCUT2D eigenvalue weighted by atomic mass is 10.0. The molecule has 9 nitrogen and oxygen atoms in total. The predicted molar refractivity (Wildman–Crippen MR) is 137 cm³/mol. The van der Waals surface area contributed by atoms with Crippen LogP contribution >= 0.6 is 11.3 Å². The molecule has 0 atom stereocenters. The number of nitrogens with zero attached hydrogens (tertiary/aromatic N) is 4. The standard InChI is InChI=1S/C25H31N5O4S/c1-25(2,3)34-24(32)30-12-10-18(11-13-30)29(4)22-21-20(26-15-27-22)19(14-35-21)16-6-8-17(9-7-16)23(31)28-33-5/h6-9,14-15,18H,10-13H2,1-5H3,(H,28,31). The highest BCUT2D eigenvalue weighted by molar-refractivity contribution is 7.18. The van der Waals surface area contributed by atoms with E-state index in [0.29, 0.717) is 18.7 Å². The van der Waals surface area contributed by atoms with Gasteiger partial charge in [0.1, 0.15) is 17.7 Å². The zero-order chi connectivity index (χ0) is 25.2. The van der Waals surface area contributed by atoms with Crippen LogP contribution in [-0.2, 0) is 9.57 Å². The Morgan fingerprint density at radius 1 is 1.14 bits per heavy atom. The molecule has 0 spiro atoms. The van der Waals surface area contributed by atoms with Gasteiger partial charge in [0.05, 0.1) is 17.3 Å². The SMILES string of the molecule is CONC(=O)c1ccc(-c2csc3c(N(C)C4CCN(C(=O)OC(C)(C)C)CC4)ncnc23)cc1. The van der Waals surface area contributed by atoms with Crippen LogP contribution in [0.2, 0.25) is 0 Å². The van der Waals surface area contributed by atoms with E-state index in [2.05, 4.69) is 32.8 Å². The zero-order valence-corrected chi connectivity index (χ0v) is 21.5. The smallest absolute Gasteiger partial charge is 0.410 e. The summed E-state index contributed by atoms with van der Waals surface area (Å²) in [6.45, 7) is 6.95. The quantitative estimate of drug-likeness (QED) is 0.519. The van der Waals surface area contributed by atoms with Gasteiger partial charge in [0.2, 0.25) is 0 Å². The molecule has 1 aromatic carbocycles. The molecule has 2 amide bonds. The van der Waals surface area contributed by atoms with E-state index in [1.165, 1.54) is 7.11 Å². The average Bonchev–Trinajstić information content (AvgIpc) is 3.27. The van der Waals surface area contributed by atoms with Crippen molar-refractivity contribution >= 4 is 39.4 Å². The molecule has 1 aliphatic rings. The highest BCUT2D eigenvalue weighted by atomic mass is 32.1. The number of ether oxygens (including phenoxy) is 1. The number of carbonyl (C=O) groups is 2. The van der Waals surface area contributed by atoms with Crippen molar-refractivity contribution in [2.24, 2.45) is 0 Å². The zero-order valence-electron chi connectivity index (χ0n) is 20.7. The Balaban J connectivity index is 1.50. The van der Waals surface area contributed by atoms with Gasteiger partial charge in [-0.05, 0) is 51.3 Å². The molecule has 0 saturated carbocycles. The lowest BCUT2D eigenvalue weighted by molar-refractivity contribution is 0.0205. The van der Waals surface area contributed by atoms with Gasteiger partial charge in [-0.1, -0.05) is 12.1 Å². The molecule has 1 fully saturated rings. The Labute approximate surface area is 209 Å². The molecule has 10 heteroatoms. The van der Waals surface area contributed by atoms with E-state index in [4.69, 9.17) is 9.57 Å². The Kier molecular flexibility index (Phi) is 7.23. The Hall–Kier alpha value is -3.24. The molecule has 1 aliphatic heterocycles. The van der Waals surface area contributed by atoms with Crippen molar-refractivity contribution in [1.29, 1.82) is 0 Å². The molecule has 0 bridgehead atoms. The summed E-state index contributed by atoms with van der Waals surface area (Å²) in [5, 5.41) is 2.08. The van der Waals surface area contributed by atoms with Gasteiger partial charge in [-0.2, -0.15) is 0 Å². The maximum absolute atomic E-state index is 12.4. The first kappa shape index (κ1) is 24.9. The third kappa shape index (κ3) is 5.54. The minimum atomic E-state index is -0.495. The van der Waals surface area contributed by atoms with Crippen molar-refractivity contribution in [3.63, 3.8) is 0 Å². The first-order chi connectivity index (χ1) is 16.7. The molecule has 186 valence electrons. The number of benzene rings is 1. The number of amides is 2. The predicted octanol–water partition coefficient (Wildman–Crippen LogP) is 4.49. The fourth-order valence-corrected chi connectivity index (χ4v) is 5.24. The number of hydrogen-bond acceptors (Lipinski definition) is 8. The Bertz CT molecular complexity index is 1200. The molecular weight excluding hydrogens is 466 g/mol. The number of piperidine rings is 1. The van der Waals surface area contributed by atoms with E-state index in [-0.39, 0.29) is 18.0 Å². The Morgan fingerprint density at radius 2 is 1.83 bits per heavy atom. The van der Waals surface area contributed by atoms with Crippen molar-refractivity contribution in [2.45, 2.75) is 45.3 Å². The highest BCUT2D eigenvalue weighted by Crippen LogP contribution is 2.37. The van der Waals surface area contributed by atoms with E-state index >= 15 is 0 Å². The van der Waals surface area contributed by atoms with E-state index in [9.17, 15) is 9.59 Å². The van der Waals surface area contributed by atoms with Crippen LogP contribution in [0, 0.1) is 0 Å². The summed E-state index contributed by atoms with van der Waals surface area (Å²) in [4.78, 5) is 42.2. The first-order valence-electron chi connectivity index (χ1n) is 11.5. The van der Waals surface area contributed by atoms with Crippen LogP contribution in [0.25, 0.3) is 21.3 Å². The van der Waals surface area contributed by atoms with Crippen LogP contribution in [0.3, 0.4) is 0 Å². The first-order valence-corrected chi connectivity index (χ1v) is 12.4. The molecule has 0 radical (unpaired) electrons. The number of hydrogen-bond donors (Lipinski definition) is 1. The molecule has 0 aliphatic carbocycles. The van der Waals surface area contributed by atoms with E-state index in [1.807, 2.05) is 32.9 Å². The molecular formula is C25H31N5O4S. The topological polar surface area (TPSA) is 96.9 Å². The summed E-state index contributed by atoms with van der Waals surface area (Å²) in [5.41, 5.74) is 5.20. The summed E-state index contributed by atoms with van der Waals surface area (Å²) in [6, 6.07) is 7.60. The summed E-state index contributed by atoms with van der Waals surface area (Å²) < 4.78 is 6.53. The van der Waals surface area contributed by atoms with Crippen molar-refractivity contribution in [2.75, 3.05) is 32.1 Å². The van der Waals surface area contributed by atoms with Crippen molar-refractivity contribution < 1.29 is 19.2 Å². The molecule has 0 unspecified atom stereocenters. The number of hydroxylamine groups is 1. The number of fused-ring (bicyclic) bond motifs is 1. The summed E-state index contributed by atoms with van der Waals surface area (Å²) >= 11 is 1.61. The maximum atomic E-state index is 12.4. The van der Waals surface area contributed by atoms with Gasteiger partial charge in [-0.3, -0.25) is 9.63 Å². The molecule has 35 heavy (non-hydrogen) atoms. The number of thiophene rings is 1. The normalized spacial score (nSPS) is 14.7. The number of anilines is 1. The second kappa shape index (κ2) is 10.2. The maximum Gasteiger partial charge on any atom is 0.410 e. The van der Waals surface area contributed by atoms with E-state index < -0.39 is 5.60 Å². The second-order valence-corrected chi connectivity index (χ2v) is 10.4. The van der Waals surface area contributed by atoms with Gasteiger partial charge < -0.3 is 14.5 Å². The van der Waals surface area contributed by atoms with Gasteiger partial charge in [0.25, 0.3) is 5.91 Å². The summed E-state index contributed by atoms with van der Waals surface area (Å²) in [5.74, 6) is 0.594. The molecule has 3 heterocycles. The Morgan fingerprint density at radius 3 is 2.46 bits per heavy atom. The van der Waals surface area contributed by atoms with Crippen LogP contribution in [0.15, 0.2) is 36.0 Å². The molecule has 3 aromatic rings. The molecule has 2 aromatic heterocycles. The minimum absolute atomic E-state index is 0.253. The molecule has 4 rings (SSSR count). The van der Waals surface area contributed by atoms with Gasteiger partial charge >= 0.3 is 6.09 Å². The van der Waals surface area contributed by atoms with Gasteiger partial charge in [-0.15, -0.1) is 11.3 Å². The number of aromatic nitrogens is 2. The highest BCUT2D eigenvalue weighted by Gasteiger charge is 2.29. The monoisotopic (exact) mass is 497 g/mol. The summed E-state index contributed by atoms with van der Waals surface area (Å²) in [6.07, 6.45) is 3.02. The lowest BCUT2D eigenvalue weighted by Crippen LogP contribution is -2.47. The van der Waals surface area contributed by atoms with Crippen molar-refractivity contribution in [3.8, 4) is 11.1 Å². The van der Waals surface area contributed by atoms with Gasteiger partial charge in [0.15, 0.2) is 0 Å². The number of rotatable bonds is 5. The van der Waals surface area contributed by atoms with Crippen molar-refractivity contribution in [1.82, 2.24) is 20.3 Å². The van der Waals surface area contributed by atoms with Gasteiger partial charge in [-0.25, -0.2) is 20.2 Å². The third-order valence-electron chi connectivity index (χ3n) is 5.99. The number of likely N-dealkylation sites (tertiary alicyclic amines) is 1. The molecule has 1 saturated heterocycles. The van der Waals surface area contributed by atoms with Crippen LogP contribution in [0.1, 0.15) is 44.0 Å². The van der Waals surface area contributed by atoms with Gasteiger partial charge in [0, 0.05) is 42.7 Å². The third-order valence-corrected chi connectivity index (χ3v) is 6.95. The van der Waals surface area contributed by atoms with Crippen LogP contribution in [0.5, 0.6) is 0 Å². The minimum Gasteiger partial charge on any atom is -0.444 e. The van der Waals surface area contributed by atoms with Crippen LogP contribution in [0.4, 0.5) is 10.6 Å². The van der Waals surface area contributed by atoms with E-state index in [1.54, 1.807) is 34.7 Å². The number of nitrogens with one attached hydrogen (secondary N) is 1. The summed E-state index contributed by atoms with van der Waals surface area (Å²) in [7, 11) is 3.46. The molecule has 1 N–H and O–H groups in total.